The molecule has 1 aromatic carbocycles. The van der Waals surface area contributed by atoms with E-state index < -0.39 is 0 Å². The Hall–Kier alpha value is -0.970. The van der Waals surface area contributed by atoms with E-state index in [1.165, 1.54) is 9.88 Å². The first-order valence-corrected chi connectivity index (χ1v) is 8.09. The number of thiazole rings is 1. The third-order valence-corrected chi connectivity index (χ3v) is 4.80. The standard InChI is InChI=1S/C14H10BrNS2/c15-11-4-1-3-10(7-11)13-9-18-14(16-13)8-12-5-2-6-17-12/h1-7,9H,8H2. The van der Waals surface area contributed by atoms with Crippen molar-refractivity contribution < 1.29 is 0 Å². The van der Waals surface area contributed by atoms with Crippen molar-refractivity contribution in [3.05, 3.63) is 61.5 Å². The van der Waals surface area contributed by atoms with Gasteiger partial charge >= 0.3 is 0 Å². The third-order valence-electron chi connectivity index (χ3n) is 2.58. The molecule has 0 unspecified atom stereocenters. The van der Waals surface area contributed by atoms with Crippen LogP contribution in [-0.2, 0) is 6.42 Å². The second-order valence-electron chi connectivity index (χ2n) is 3.89. The van der Waals surface area contributed by atoms with E-state index in [-0.39, 0.29) is 0 Å². The van der Waals surface area contributed by atoms with E-state index in [0.29, 0.717) is 0 Å². The smallest absolute Gasteiger partial charge is 0.0984 e. The van der Waals surface area contributed by atoms with E-state index in [2.05, 4.69) is 51.0 Å². The van der Waals surface area contributed by atoms with Crippen LogP contribution in [0.5, 0.6) is 0 Å². The fourth-order valence-electron chi connectivity index (χ4n) is 1.73. The van der Waals surface area contributed by atoms with E-state index in [0.717, 1.165) is 22.2 Å². The number of nitrogens with zero attached hydrogens (tertiary/aromatic N) is 1. The Morgan fingerprint density at radius 3 is 2.83 bits per heavy atom. The summed E-state index contributed by atoms with van der Waals surface area (Å²) in [6.07, 6.45) is 0.941. The monoisotopic (exact) mass is 335 g/mol. The highest BCUT2D eigenvalue weighted by Gasteiger charge is 2.06. The molecule has 18 heavy (non-hydrogen) atoms. The Morgan fingerprint density at radius 1 is 1.11 bits per heavy atom. The number of aromatic nitrogens is 1. The zero-order chi connectivity index (χ0) is 12.4. The van der Waals surface area contributed by atoms with Crippen molar-refractivity contribution >= 4 is 38.6 Å². The predicted molar refractivity (Wildman–Crippen MR) is 82.4 cm³/mol. The Bertz CT molecular complexity index is 643. The molecule has 90 valence electrons. The van der Waals surface area contributed by atoms with Gasteiger partial charge in [-0.25, -0.2) is 4.98 Å². The Balaban J connectivity index is 1.85. The Labute approximate surface area is 122 Å². The maximum Gasteiger partial charge on any atom is 0.0984 e. The maximum absolute atomic E-state index is 4.70. The first-order chi connectivity index (χ1) is 8.81. The van der Waals surface area contributed by atoms with Gasteiger partial charge in [0.25, 0.3) is 0 Å². The van der Waals surface area contributed by atoms with Gasteiger partial charge in [-0.2, -0.15) is 0 Å². The summed E-state index contributed by atoms with van der Waals surface area (Å²) in [5, 5.41) is 5.41. The summed E-state index contributed by atoms with van der Waals surface area (Å²) in [7, 11) is 0. The van der Waals surface area contributed by atoms with E-state index >= 15 is 0 Å². The lowest BCUT2D eigenvalue weighted by Gasteiger charge is -1.97. The topological polar surface area (TPSA) is 12.9 Å². The van der Waals surface area contributed by atoms with Gasteiger partial charge in [-0.05, 0) is 23.6 Å². The van der Waals surface area contributed by atoms with E-state index in [1.807, 2.05) is 12.1 Å². The first kappa shape index (κ1) is 12.1. The lowest BCUT2D eigenvalue weighted by Crippen LogP contribution is -1.84. The molecule has 3 aromatic rings. The minimum absolute atomic E-state index is 0.941. The van der Waals surface area contributed by atoms with Gasteiger partial charge in [0.15, 0.2) is 0 Å². The normalized spacial score (nSPS) is 10.7. The largest absolute Gasteiger partial charge is 0.241 e. The molecule has 0 N–H and O–H groups in total. The van der Waals surface area contributed by atoms with Crippen molar-refractivity contribution in [2.75, 3.05) is 0 Å². The molecule has 0 bridgehead atoms. The molecule has 0 saturated carbocycles. The molecular formula is C14H10BrNS2. The lowest BCUT2D eigenvalue weighted by molar-refractivity contribution is 1.17. The molecule has 0 aliphatic carbocycles. The van der Waals surface area contributed by atoms with Gasteiger partial charge in [0, 0.05) is 26.7 Å². The minimum Gasteiger partial charge on any atom is -0.241 e. The number of halogens is 1. The van der Waals surface area contributed by atoms with Gasteiger partial charge in [0.2, 0.25) is 0 Å². The van der Waals surface area contributed by atoms with Gasteiger partial charge < -0.3 is 0 Å². The summed E-state index contributed by atoms with van der Waals surface area (Å²) in [5.74, 6) is 0. The second kappa shape index (κ2) is 5.34. The first-order valence-electron chi connectivity index (χ1n) is 5.54. The van der Waals surface area contributed by atoms with Gasteiger partial charge in [-0.15, -0.1) is 22.7 Å². The number of thiophene rings is 1. The molecule has 2 aromatic heterocycles. The molecular weight excluding hydrogens is 326 g/mol. The van der Waals surface area contributed by atoms with Crippen LogP contribution in [0.15, 0.2) is 51.6 Å². The maximum atomic E-state index is 4.70. The van der Waals surface area contributed by atoms with Crippen LogP contribution in [0, 0.1) is 0 Å². The number of hydrogen-bond acceptors (Lipinski definition) is 3. The molecule has 0 fully saturated rings. The van der Waals surface area contributed by atoms with Crippen molar-refractivity contribution in [1.29, 1.82) is 0 Å². The highest BCUT2D eigenvalue weighted by molar-refractivity contribution is 9.10. The summed E-state index contributed by atoms with van der Waals surface area (Å²) in [6.45, 7) is 0. The highest BCUT2D eigenvalue weighted by atomic mass is 79.9. The molecule has 3 rings (SSSR count). The molecule has 0 amide bonds. The van der Waals surface area contributed by atoms with Crippen LogP contribution < -0.4 is 0 Å². The molecule has 0 spiro atoms. The van der Waals surface area contributed by atoms with Gasteiger partial charge in [-0.1, -0.05) is 34.1 Å². The molecule has 4 heteroatoms. The highest BCUT2D eigenvalue weighted by Crippen LogP contribution is 2.26. The Kier molecular flexibility index (Phi) is 3.59. The molecule has 0 saturated heterocycles. The number of benzene rings is 1. The summed E-state index contributed by atoms with van der Waals surface area (Å²) in [4.78, 5) is 6.07. The van der Waals surface area contributed by atoms with Gasteiger partial charge in [-0.3, -0.25) is 0 Å². The van der Waals surface area contributed by atoms with Crippen molar-refractivity contribution in [3.63, 3.8) is 0 Å². The summed E-state index contributed by atoms with van der Waals surface area (Å²) in [6, 6.07) is 12.5. The zero-order valence-electron chi connectivity index (χ0n) is 9.47. The summed E-state index contributed by atoms with van der Waals surface area (Å²) < 4.78 is 1.09. The van der Waals surface area contributed by atoms with Crippen molar-refractivity contribution in [2.45, 2.75) is 6.42 Å². The molecule has 0 radical (unpaired) electrons. The van der Waals surface area contributed by atoms with Crippen molar-refractivity contribution in [1.82, 2.24) is 4.98 Å². The molecule has 0 atom stereocenters. The quantitative estimate of drug-likeness (QED) is 0.639. The molecule has 2 heterocycles. The van der Waals surface area contributed by atoms with E-state index in [4.69, 9.17) is 4.98 Å². The van der Waals surface area contributed by atoms with Crippen molar-refractivity contribution in [3.8, 4) is 11.3 Å². The van der Waals surface area contributed by atoms with Crippen LogP contribution in [-0.4, -0.2) is 4.98 Å². The molecule has 1 nitrogen and oxygen atoms in total. The van der Waals surface area contributed by atoms with Crippen LogP contribution in [0.4, 0.5) is 0 Å². The lowest BCUT2D eigenvalue weighted by atomic mass is 10.2. The fourth-order valence-corrected chi connectivity index (χ4v) is 3.76. The number of rotatable bonds is 3. The Morgan fingerprint density at radius 2 is 2.06 bits per heavy atom. The predicted octanol–water partition coefficient (Wildman–Crippen LogP) is 5.22. The second-order valence-corrected chi connectivity index (χ2v) is 6.78. The number of hydrogen-bond donors (Lipinski definition) is 0. The van der Waals surface area contributed by atoms with E-state index in [9.17, 15) is 0 Å². The van der Waals surface area contributed by atoms with Gasteiger partial charge in [0.05, 0.1) is 10.7 Å². The minimum atomic E-state index is 0.941. The molecule has 0 aliphatic heterocycles. The van der Waals surface area contributed by atoms with Crippen LogP contribution >= 0.6 is 38.6 Å². The fraction of sp³-hybridized carbons (Fsp3) is 0.0714. The third kappa shape index (κ3) is 2.71. The summed E-state index contributed by atoms with van der Waals surface area (Å²) in [5.41, 5.74) is 2.23. The van der Waals surface area contributed by atoms with Crippen LogP contribution in [0.3, 0.4) is 0 Å². The SMILES string of the molecule is Brc1cccc(-c2csc(Cc3cccs3)n2)c1. The van der Waals surface area contributed by atoms with Gasteiger partial charge in [0.1, 0.15) is 0 Å². The van der Waals surface area contributed by atoms with Crippen LogP contribution in [0.1, 0.15) is 9.88 Å². The van der Waals surface area contributed by atoms with Crippen molar-refractivity contribution in [2.24, 2.45) is 0 Å². The average molecular weight is 336 g/mol. The average Bonchev–Trinajstić information content (AvgIpc) is 3.01. The molecule has 0 aliphatic rings. The van der Waals surface area contributed by atoms with E-state index in [1.54, 1.807) is 22.7 Å². The van der Waals surface area contributed by atoms with Crippen LogP contribution in [0.25, 0.3) is 11.3 Å². The zero-order valence-corrected chi connectivity index (χ0v) is 12.7. The summed E-state index contributed by atoms with van der Waals surface area (Å²) >= 11 is 7.01. The van der Waals surface area contributed by atoms with Crippen LogP contribution in [0.2, 0.25) is 0 Å².